The number of carbonyl (C=O) groups excluding carboxylic acids is 1. The summed E-state index contributed by atoms with van der Waals surface area (Å²) in [6.07, 6.45) is 1.95. The summed E-state index contributed by atoms with van der Waals surface area (Å²) in [5.41, 5.74) is 0. The molecule has 3 heteroatoms. The number of hydrogen-bond donors (Lipinski definition) is 1. The third-order valence-electron chi connectivity index (χ3n) is 3.08. The fourth-order valence-corrected chi connectivity index (χ4v) is 2.08. The van der Waals surface area contributed by atoms with E-state index in [4.69, 9.17) is 0 Å². The van der Waals surface area contributed by atoms with Gasteiger partial charge < -0.3 is 10.2 Å². The zero-order valence-electron chi connectivity index (χ0n) is 8.25. The number of nitrogens with one attached hydrogen (secondary N) is 1. The van der Waals surface area contributed by atoms with Crippen molar-refractivity contribution in [3.8, 4) is 0 Å². The molecule has 0 aromatic heterocycles. The largest absolute Gasteiger partial charge is 0.342 e. The second-order valence-electron chi connectivity index (χ2n) is 4.46. The summed E-state index contributed by atoms with van der Waals surface area (Å²) in [5, 5.41) is 3.25. The van der Waals surface area contributed by atoms with Gasteiger partial charge in [0.1, 0.15) is 0 Å². The minimum Gasteiger partial charge on any atom is -0.342 e. The molecule has 2 fully saturated rings. The van der Waals surface area contributed by atoms with Crippen LogP contribution in [-0.4, -0.2) is 37.0 Å². The summed E-state index contributed by atoms with van der Waals surface area (Å²) >= 11 is 0. The van der Waals surface area contributed by atoms with Gasteiger partial charge in [-0.2, -0.15) is 0 Å². The maximum Gasteiger partial charge on any atom is 0.222 e. The first-order valence-electron chi connectivity index (χ1n) is 5.24. The van der Waals surface area contributed by atoms with Crippen molar-refractivity contribution < 1.29 is 4.79 Å². The molecule has 2 aliphatic rings. The predicted molar refractivity (Wildman–Crippen MR) is 51.3 cm³/mol. The van der Waals surface area contributed by atoms with Gasteiger partial charge in [0.15, 0.2) is 0 Å². The van der Waals surface area contributed by atoms with E-state index in [0.29, 0.717) is 11.8 Å². The summed E-state index contributed by atoms with van der Waals surface area (Å²) in [5.74, 6) is 1.76. The first kappa shape index (κ1) is 9.00. The van der Waals surface area contributed by atoms with Crippen molar-refractivity contribution in [3.63, 3.8) is 0 Å². The van der Waals surface area contributed by atoms with Crippen LogP contribution in [0.25, 0.3) is 0 Å². The predicted octanol–water partition coefficient (Wildman–Crippen LogP) is 0.464. The Morgan fingerprint density at radius 2 is 2.31 bits per heavy atom. The van der Waals surface area contributed by atoms with E-state index in [2.05, 4.69) is 12.2 Å². The smallest absolute Gasteiger partial charge is 0.222 e. The molecule has 0 aromatic rings. The van der Waals surface area contributed by atoms with E-state index in [1.54, 1.807) is 0 Å². The second kappa shape index (κ2) is 3.66. The van der Waals surface area contributed by atoms with Gasteiger partial charge >= 0.3 is 0 Å². The van der Waals surface area contributed by atoms with Crippen LogP contribution in [0.4, 0.5) is 0 Å². The van der Waals surface area contributed by atoms with Crippen LogP contribution in [0, 0.1) is 11.8 Å². The molecule has 1 atom stereocenters. The maximum atomic E-state index is 11.4. The molecule has 0 aliphatic carbocycles. The third-order valence-corrected chi connectivity index (χ3v) is 3.08. The highest BCUT2D eigenvalue weighted by Crippen LogP contribution is 2.18. The summed E-state index contributed by atoms with van der Waals surface area (Å²) in [6.45, 7) is 6.42. The molecule has 13 heavy (non-hydrogen) atoms. The van der Waals surface area contributed by atoms with Gasteiger partial charge in [0.05, 0.1) is 0 Å². The molecule has 0 aromatic carbocycles. The fourth-order valence-electron chi connectivity index (χ4n) is 2.08. The molecule has 0 saturated carbocycles. The van der Waals surface area contributed by atoms with Crippen molar-refractivity contribution in [3.05, 3.63) is 0 Å². The molecule has 0 bridgehead atoms. The van der Waals surface area contributed by atoms with E-state index in [1.807, 2.05) is 4.90 Å². The fraction of sp³-hybridized carbons (Fsp3) is 0.900. The number of rotatable bonds is 3. The normalized spacial score (nSPS) is 29.5. The summed E-state index contributed by atoms with van der Waals surface area (Å²) in [6, 6.07) is 0. The molecular formula is C10H18N2O. The van der Waals surface area contributed by atoms with Crippen molar-refractivity contribution in [1.82, 2.24) is 10.2 Å². The molecule has 0 spiro atoms. The van der Waals surface area contributed by atoms with E-state index >= 15 is 0 Å². The van der Waals surface area contributed by atoms with Gasteiger partial charge in [-0.05, 0) is 31.3 Å². The van der Waals surface area contributed by atoms with Gasteiger partial charge in [-0.25, -0.2) is 0 Å². The molecule has 2 aliphatic heterocycles. The molecule has 2 heterocycles. The van der Waals surface area contributed by atoms with Crippen LogP contribution in [0.3, 0.4) is 0 Å². The van der Waals surface area contributed by atoms with E-state index in [0.717, 1.165) is 38.5 Å². The Morgan fingerprint density at radius 3 is 2.77 bits per heavy atom. The minimum atomic E-state index is 0.361. The molecule has 0 radical (unpaired) electrons. The summed E-state index contributed by atoms with van der Waals surface area (Å²) in [7, 11) is 0. The van der Waals surface area contributed by atoms with Crippen LogP contribution in [0.1, 0.15) is 19.8 Å². The summed E-state index contributed by atoms with van der Waals surface area (Å²) < 4.78 is 0. The number of hydrogen-bond acceptors (Lipinski definition) is 2. The van der Waals surface area contributed by atoms with E-state index in [9.17, 15) is 4.79 Å². The van der Waals surface area contributed by atoms with Crippen LogP contribution in [0.5, 0.6) is 0 Å². The Hall–Kier alpha value is -0.570. The second-order valence-corrected chi connectivity index (χ2v) is 4.46. The van der Waals surface area contributed by atoms with Crippen LogP contribution >= 0.6 is 0 Å². The lowest BCUT2D eigenvalue weighted by Gasteiger charge is -2.28. The standard InChI is InChI=1S/C10H18N2O/c1-8-4-10(13)12(7-8)3-2-9-5-11-6-9/h8-9,11H,2-7H2,1H3. The SMILES string of the molecule is CC1CC(=O)N(CCC2CNC2)C1. The molecular weight excluding hydrogens is 164 g/mol. The van der Waals surface area contributed by atoms with Gasteiger partial charge in [0, 0.05) is 19.5 Å². The number of nitrogens with zero attached hydrogens (tertiary/aromatic N) is 1. The Labute approximate surface area is 79.5 Å². The lowest BCUT2D eigenvalue weighted by molar-refractivity contribution is -0.127. The molecule has 1 N–H and O–H groups in total. The van der Waals surface area contributed by atoms with Gasteiger partial charge in [-0.15, -0.1) is 0 Å². The first-order chi connectivity index (χ1) is 6.25. The number of carbonyl (C=O) groups is 1. The highest BCUT2D eigenvalue weighted by molar-refractivity contribution is 5.78. The molecule has 1 unspecified atom stereocenters. The van der Waals surface area contributed by atoms with E-state index < -0.39 is 0 Å². The zero-order valence-corrected chi connectivity index (χ0v) is 8.25. The lowest BCUT2D eigenvalue weighted by Crippen LogP contribution is -2.43. The zero-order chi connectivity index (χ0) is 9.26. The molecule has 74 valence electrons. The van der Waals surface area contributed by atoms with Crippen LogP contribution < -0.4 is 5.32 Å². The van der Waals surface area contributed by atoms with Gasteiger partial charge in [0.2, 0.25) is 5.91 Å². The molecule has 2 rings (SSSR count). The van der Waals surface area contributed by atoms with E-state index in [-0.39, 0.29) is 0 Å². The highest BCUT2D eigenvalue weighted by atomic mass is 16.2. The Kier molecular flexibility index (Phi) is 2.54. The van der Waals surface area contributed by atoms with Crippen LogP contribution in [0.15, 0.2) is 0 Å². The monoisotopic (exact) mass is 182 g/mol. The maximum absolute atomic E-state index is 11.4. The van der Waals surface area contributed by atoms with Crippen molar-refractivity contribution >= 4 is 5.91 Å². The highest BCUT2D eigenvalue weighted by Gasteiger charge is 2.27. The average molecular weight is 182 g/mol. The number of amides is 1. The Balaban J connectivity index is 1.71. The quantitative estimate of drug-likeness (QED) is 0.688. The van der Waals surface area contributed by atoms with Crippen molar-refractivity contribution in [2.75, 3.05) is 26.2 Å². The average Bonchev–Trinajstić information content (AvgIpc) is 2.27. The number of likely N-dealkylation sites (tertiary alicyclic amines) is 1. The van der Waals surface area contributed by atoms with Crippen LogP contribution in [-0.2, 0) is 4.79 Å². The summed E-state index contributed by atoms with van der Waals surface area (Å²) in [4.78, 5) is 13.4. The van der Waals surface area contributed by atoms with Crippen molar-refractivity contribution in [2.24, 2.45) is 11.8 Å². The Bertz CT molecular complexity index is 201. The van der Waals surface area contributed by atoms with Crippen molar-refractivity contribution in [2.45, 2.75) is 19.8 Å². The topological polar surface area (TPSA) is 32.3 Å². The lowest BCUT2D eigenvalue weighted by atomic mass is 9.99. The third kappa shape index (κ3) is 2.02. The minimum absolute atomic E-state index is 0.361. The van der Waals surface area contributed by atoms with Gasteiger partial charge in [0.25, 0.3) is 0 Å². The molecule has 2 saturated heterocycles. The first-order valence-corrected chi connectivity index (χ1v) is 5.24. The van der Waals surface area contributed by atoms with Crippen molar-refractivity contribution in [1.29, 1.82) is 0 Å². The van der Waals surface area contributed by atoms with E-state index in [1.165, 1.54) is 6.42 Å². The van der Waals surface area contributed by atoms with Crippen LogP contribution in [0.2, 0.25) is 0 Å². The van der Waals surface area contributed by atoms with Gasteiger partial charge in [-0.3, -0.25) is 4.79 Å². The molecule has 1 amide bonds. The Morgan fingerprint density at radius 1 is 1.54 bits per heavy atom. The van der Waals surface area contributed by atoms with Gasteiger partial charge in [-0.1, -0.05) is 6.92 Å². The molecule has 3 nitrogen and oxygen atoms in total.